The Balaban J connectivity index is 2.53. The van der Waals surface area contributed by atoms with Gasteiger partial charge in [-0.25, -0.2) is 13.2 Å². The number of rotatable bonds is 8. The number of carbonyl (C=O) groups excluding carboxylic acids is 2. The van der Waals surface area contributed by atoms with Crippen LogP contribution in [-0.4, -0.2) is 24.4 Å². The minimum absolute atomic E-state index is 0.0244. The molecule has 4 nitrogen and oxygen atoms in total. The molecule has 1 rings (SSSR count). The lowest BCUT2D eigenvalue weighted by Crippen LogP contribution is -2.43. The lowest BCUT2D eigenvalue weighted by molar-refractivity contribution is -0.122. The number of amides is 2. The minimum Gasteiger partial charge on any atom is -0.352 e. The number of carbonyl (C=O) groups is 2. The van der Waals surface area contributed by atoms with Gasteiger partial charge in [-0.3, -0.25) is 9.59 Å². The van der Waals surface area contributed by atoms with E-state index < -0.39 is 28.9 Å². The number of benzene rings is 1. The van der Waals surface area contributed by atoms with Crippen molar-refractivity contribution in [2.24, 2.45) is 5.41 Å². The summed E-state index contributed by atoms with van der Waals surface area (Å²) in [6.45, 7) is 8.15. The molecule has 0 aliphatic carbocycles. The SMILES string of the molecule is CCC(CNC(=O)c1c(F)cc(F)cc1F)NC(=O)CCCC(C)(C)C. The van der Waals surface area contributed by atoms with Gasteiger partial charge in [0, 0.05) is 31.1 Å². The highest BCUT2D eigenvalue weighted by Crippen LogP contribution is 2.21. The van der Waals surface area contributed by atoms with Crippen molar-refractivity contribution in [3.8, 4) is 0 Å². The molecule has 0 saturated carbocycles. The molecule has 0 fully saturated rings. The van der Waals surface area contributed by atoms with Gasteiger partial charge in [-0.05, 0) is 24.7 Å². The average molecular weight is 372 g/mol. The number of hydrogen-bond donors (Lipinski definition) is 2. The lowest BCUT2D eigenvalue weighted by atomic mass is 9.90. The summed E-state index contributed by atoms with van der Waals surface area (Å²) in [5.74, 6) is -4.74. The van der Waals surface area contributed by atoms with Gasteiger partial charge in [0.05, 0.1) is 0 Å². The Morgan fingerprint density at radius 2 is 1.69 bits per heavy atom. The summed E-state index contributed by atoms with van der Waals surface area (Å²) in [7, 11) is 0. The first-order valence-electron chi connectivity index (χ1n) is 8.75. The second kappa shape index (κ2) is 9.59. The highest BCUT2D eigenvalue weighted by molar-refractivity contribution is 5.94. The topological polar surface area (TPSA) is 58.2 Å². The molecule has 146 valence electrons. The monoisotopic (exact) mass is 372 g/mol. The smallest absolute Gasteiger partial charge is 0.257 e. The maximum absolute atomic E-state index is 13.6. The summed E-state index contributed by atoms with van der Waals surface area (Å²) < 4.78 is 40.1. The van der Waals surface area contributed by atoms with Gasteiger partial charge in [0.2, 0.25) is 5.91 Å². The van der Waals surface area contributed by atoms with Gasteiger partial charge in [-0.2, -0.15) is 0 Å². The standard InChI is InChI=1S/C19H27F3N2O2/c1-5-13(24-16(25)7-6-8-19(2,3)4)11-23-18(26)17-14(21)9-12(20)10-15(17)22/h9-10,13H,5-8,11H2,1-4H3,(H,23,26)(H,24,25). The molecule has 0 aliphatic heterocycles. The highest BCUT2D eigenvalue weighted by atomic mass is 19.1. The fraction of sp³-hybridized carbons (Fsp3) is 0.579. The van der Waals surface area contributed by atoms with Crippen LogP contribution in [0, 0.1) is 22.9 Å². The third kappa shape index (κ3) is 7.45. The van der Waals surface area contributed by atoms with Crippen LogP contribution >= 0.6 is 0 Å². The van der Waals surface area contributed by atoms with Crippen LogP contribution < -0.4 is 10.6 Å². The first kappa shape index (κ1) is 22.0. The van der Waals surface area contributed by atoms with Crippen LogP contribution in [-0.2, 0) is 4.79 Å². The average Bonchev–Trinajstić information content (AvgIpc) is 2.49. The molecule has 7 heteroatoms. The summed E-state index contributed by atoms with van der Waals surface area (Å²) in [6.07, 6.45) is 2.59. The third-order valence-electron chi connectivity index (χ3n) is 3.93. The van der Waals surface area contributed by atoms with E-state index in [0.717, 1.165) is 12.8 Å². The molecule has 1 aromatic carbocycles. The lowest BCUT2D eigenvalue weighted by Gasteiger charge is -2.20. The van der Waals surface area contributed by atoms with Crippen molar-refractivity contribution in [3.63, 3.8) is 0 Å². The number of halogens is 3. The van der Waals surface area contributed by atoms with Crippen molar-refractivity contribution in [2.45, 2.75) is 59.4 Å². The second-order valence-electron chi connectivity index (χ2n) is 7.54. The quantitative estimate of drug-likeness (QED) is 0.726. The van der Waals surface area contributed by atoms with Crippen LogP contribution in [0.3, 0.4) is 0 Å². The second-order valence-corrected chi connectivity index (χ2v) is 7.54. The van der Waals surface area contributed by atoms with E-state index in [2.05, 4.69) is 31.4 Å². The fourth-order valence-corrected chi connectivity index (χ4v) is 2.44. The van der Waals surface area contributed by atoms with E-state index in [-0.39, 0.29) is 23.9 Å². The van der Waals surface area contributed by atoms with Crippen LogP contribution in [0.4, 0.5) is 13.2 Å². The molecule has 26 heavy (non-hydrogen) atoms. The Morgan fingerprint density at radius 3 is 2.19 bits per heavy atom. The molecular weight excluding hydrogens is 345 g/mol. The Morgan fingerprint density at radius 1 is 1.12 bits per heavy atom. The van der Waals surface area contributed by atoms with E-state index in [1.807, 2.05) is 6.92 Å². The third-order valence-corrected chi connectivity index (χ3v) is 3.93. The Kier molecular flexibility index (Phi) is 8.11. The van der Waals surface area contributed by atoms with Gasteiger partial charge in [-0.15, -0.1) is 0 Å². The maximum atomic E-state index is 13.6. The van der Waals surface area contributed by atoms with E-state index >= 15 is 0 Å². The first-order valence-corrected chi connectivity index (χ1v) is 8.75. The molecule has 0 saturated heterocycles. The van der Waals surface area contributed by atoms with Crippen molar-refractivity contribution in [3.05, 3.63) is 35.1 Å². The van der Waals surface area contributed by atoms with E-state index in [4.69, 9.17) is 0 Å². The Hall–Kier alpha value is -2.05. The molecule has 2 N–H and O–H groups in total. The Labute approximate surface area is 152 Å². The van der Waals surface area contributed by atoms with Crippen molar-refractivity contribution in [1.82, 2.24) is 10.6 Å². The summed E-state index contributed by atoms with van der Waals surface area (Å²) in [5.41, 5.74) is -0.681. The number of nitrogens with one attached hydrogen (secondary N) is 2. The van der Waals surface area contributed by atoms with Gasteiger partial charge in [0.15, 0.2) is 0 Å². The zero-order valence-corrected chi connectivity index (χ0v) is 15.7. The van der Waals surface area contributed by atoms with E-state index in [1.165, 1.54) is 0 Å². The molecule has 0 bridgehead atoms. The predicted octanol–water partition coefficient (Wildman–Crippen LogP) is 3.94. The summed E-state index contributed by atoms with van der Waals surface area (Å²) in [6, 6.07) is 0.547. The molecule has 0 aliphatic rings. The van der Waals surface area contributed by atoms with Gasteiger partial charge >= 0.3 is 0 Å². The Bertz CT molecular complexity index is 619. The van der Waals surface area contributed by atoms with Crippen molar-refractivity contribution < 1.29 is 22.8 Å². The molecule has 0 spiro atoms. The largest absolute Gasteiger partial charge is 0.352 e. The molecule has 2 amide bonds. The van der Waals surface area contributed by atoms with Crippen molar-refractivity contribution in [2.75, 3.05) is 6.54 Å². The van der Waals surface area contributed by atoms with E-state index in [0.29, 0.717) is 25.0 Å². The molecular formula is C19H27F3N2O2. The van der Waals surface area contributed by atoms with Gasteiger partial charge in [0.1, 0.15) is 23.0 Å². The zero-order chi connectivity index (χ0) is 19.9. The minimum atomic E-state index is -1.26. The van der Waals surface area contributed by atoms with E-state index in [9.17, 15) is 22.8 Å². The van der Waals surface area contributed by atoms with Crippen LogP contribution in [0.25, 0.3) is 0 Å². The zero-order valence-electron chi connectivity index (χ0n) is 15.7. The summed E-state index contributed by atoms with van der Waals surface area (Å²) in [4.78, 5) is 23.9. The highest BCUT2D eigenvalue weighted by Gasteiger charge is 2.20. The van der Waals surface area contributed by atoms with E-state index in [1.54, 1.807) is 0 Å². The normalized spacial score (nSPS) is 12.6. The number of hydrogen-bond acceptors (Lipinski definition) is 2. The van der Waals surface area contributed by atoms with Gasteiger partial charge in [0.25, 0.3) is 5.91 Å². The molecule has 1 atom stereocenters. The van der Waals surface area contributed by atoms with Crippen LogP contribution in [0.1, 0.15) is 63.7 Å². The fourth-order valence-electron chi connectivity index (χ4n) is 2.44. The molecule has 0 radical (unpaired) electrons. The van der Waals surface area contributed by atoms with Crippen LogP contribution in [0.2, 0.25) is 0 Å². The van der Waals surface area contributed by atoms with Crippen molar-refractivity contribution in [1.29, 1.82) is 0 Å². The van der Waals surface area contributed by atoms with Crippen LogP contribution in [0.5, 0.6) is 0 Å². The molecule has 1 aromatic rings. The first-order chi connectivity index (χ1) is 12.0. The van der Waals surface area contributed by atoms with Crippen molar-refractivity contribution >= 4 is 11.8 Å². The molecule has 0 aromatic heterocycles. The van der Waals surface area contributed by atoms with Crippen LogP contribution in [0.15, 0.2) is 12.1 Å². The summed E-state index contributed by atoms with van der Waals surface area (Å²) >= 11 is 0. The maximum Gasteiger partial charge on any atom is 0.257 e. The molecule has 0 heterocycles. The summed E-state index contributed by atoms with van der Waals surface area (Å²) in [5, 5.41) is 5.18. The van der Waals surface area contributed by atoms with Gasteiger partial charge < -0.3 is 10.6 Å². The van der Waals surface area contributed by atoms with Gasteiger partial charge in [-0.1, -0.05) is 27.7 Å². The predicted molar refractivity (Wildman–Crippen MR) is 94.2 cm³/mol. The molecule has 1 unspecified atom stereocenters.